The van der Waals surface area contributed by atoms with Crippen LogP contribution in [0.3, 0.4) is 0 Å². The first-order valence-electron chi connectivity index (χ1n) is 4.62. The Morgan fingerprint density at radius 3 is 2.40 bits per heavy atom. The van der Waals surface area contributed by atoms with Gasteiger partial charge < -0.3 is 4.42 Å². The predicted octanol–water partition coefficient (Wildman–Crippen LogP) is 4.06. The number of halogens is 2. The number of hydrogen-bond donors (Lipinski definition) is 0. The van der Waals surface area contributed by atoms with Crippen molar-refractivity contribution in [2.75, 3.05) is 0 Å². The largest absolute Gasteiger partial charge is 0.469 e. The quantitative estimate of drug-likeness (QED) is 0.702. The van der Waals surface area contributed by atoms with E-state index in [-0.39, 0.29) is 11.2 Å². The van der Waals surface area contributed by atoms with E-state index in [9.17, 15) is 4.39 Å². The van der Waals surface area contributed by atoms with Crippen LogP contribution in [0.2, 0.25) is 0 Å². The second kappa shape index (κ2) is 4.07. The molecule has 0 saturated heterocycles. The number of alkyl halides is 1. The van der Waals surface area contributed by atoms with Crippen molar-refractivity contribution in [3.05, 3.63) is 59.3 Å². The number of hydrogen-bond acceptors (Lipinski definition) is 1. The van der Waals surface area contributed by atoms with Gasteiger partial charge in [0.2, 0.25) is 0 Å². The van der Waals surface area contributed by atoms with E-state index in [1.54, 1.807) is 18.4 Å². The lowest BCUT2D eigenvalue weighted by atomic mass is 10.1. The molecule has 0 aliphatic carbocycles. The maximum atomic E-state index is 12.7. The fraction of sp³-hybridized carbons (Fsp3) is 0.167. The van der Waals surface area contributed by atoms with Gasteiger partial charge in [-0.2, -0.15) is 0 Å². The van der Waals surface area contributed by atoms with Gasteiger partial charge in [0.05, 0.1) is 11.6 Å². The Kier molecular flexibility index (Phi) is 2.78. The zero-order valence-corrected chi connectivity index (χ0v) is 8.96. The van der Waals surface area contributed by atoms with Crippen LogP contribution in [0.1, 0.15) is 22.3 Å². The average molecular weight is 225 g/mol. The standard InChI is InChI=1S/C12H10ClFO/c1-8-11(6-7-15-8)12(13)9-2-4-10(14)5-3-9/h2-7,12H,1H3. The van der Waals surface area contributed by atoms with Crippen molar-refractivity contribution in [2.45, 2.75) is 12.3 Å². The summed E-state index contributed by atoms with van der Waals surface area (Å²) in [6.45, 7) is 1.86. The lowest BCUT2D eigenvalue weighted by molar-refractivity contribution is 0.530. The van der Waals surface area contributed by atoms with Crippen LogP contribution in [0.15, 0.2) is 41.0 Å². The van der Waals surface area contributed by atoms with Crippen molar-refractivity contribution < 1.29 is 8.81 Å². The van der Waals surface area contributed by atoms with Gasteiger partial charge in [-0.3, -0.25) is 0 Å². The van der Waals surface area contributed by atoms with Crippen LogP contribution < -0.4 is 0 Å². The SMILES string of the molecule is Cc1occc1C(Cl)c1ccc(F)cc1. The van der Waals surface area contributed by atoms with Gasteiger partial charge in [0.25, 0.3) is 0 Å². The van der Waals surface area contributed by atoms with Crippen molar-refractivity contribution in [3.8, 4) is 0 Å². The lowest BCUT2D eigenvalue weighted by Crippen LogP contribution is -1.93. The van der Waals surface area contributed by atoms with Gasteiger partial charge in [0.15, 0.2) is 0 Å². The topological polar surface area (TPSA) is 13.1 Å². The van der Waals surface area contributed by atoms with Crippen LogP contribution in [0, 0.1) is 12.7 Å². The molecular weight excluding hydrogens is 215 g/mol. The summed E-state index contributed by atoms with van der Waals surface area (Å²) in [5.74, 6) is 0.533. The van der Waals surface area contributed by atoms with E-state index in [2.05, 4.69) is 0 Å². The molecule has 0 spiro atoms. The van der Waals surface area contributed by atoms with Gasteiger partial charge in [0.1, 0.15) is 11.6 Å². The fourth-order valence-electron chi connectivity index (χ4n) is 1.47. The van der Waals surface area contributed by atoms with E-state index in [1.165, 1.54) is 12.1 Å². The first-order chi connectivity index (χ1) is 7.18. The molecule has 1 nitrogen and oxygen atoms in total. The molecule has 0 radical (unpaired) electrons. The summed E-state index contributed by atoms with van der Waals surface area (Å²) in [5, 5.41) is -0.288. The molecule has 3 heteroatoms. The van der Waals surface area contributed by atoms with Gasteiger partial charge >= 0.3 is 0 Å². The van der Waals surface area contributed by atoms with Gasteiger partial charge in [0, 0.05) is 5.56 Å². The van der Waals surface area contributed by atoms with Crippen molar-refractivity contribution in [2.24, 2.45) is 0 Å². The van der Waals surface area contributed by atoms with E-state index in [0.717, 1.165) is 16.9 Å². The summed E-state index contributed by atoms with van der Waals surface area (Å²) in [6, 6.07) is 8.00. The van der Waals surface area contributed by atoms with Crippen LogP contribution in [0.5, 0.6) is 0 Å². The van der Waals surface area contributed by atoms with E-state index < -0.39 is 0 Å². The van der Waals surface area contributed by atoms with Gasteiger partial charge in [-0.1, -0.05) is 12.1 Å². The molecule has 78 valence electrons. The van der Waals surface area contributed by atoms with Crippen molar-refractivity contribution in [1.29, 1.82) is 0 Å². The summed E-state index contributed by atoms with van der Waals surface area (Å²) >= 11 is 6.25. The Hall–Kier alpha value is -1.28. The summed E-state index contributed by atoms with van der Waals surface area (Å²) < 4.78 is 17.9. The van der Waals surface area contributed by atoms with Gasteiger partial charge in [-0.15, -0.1) is 11.6 Å². The molecule has 0 aliphatic heterocycles. The minimum atomic E-state index is -0.288. The predicted molar refractivity (Wildman–Crippen MR) is 57.5 cm³/mol. The molecule has 0 bridgehead atoms. The minimum absolute atomic E-state index is 0.258. The molecular formula is C12H10ClFO. The van der Waals surface area contributed by atoms with E-state index in [1.807, 2.05) is 13.0 Å². The number of rotatable bonds is 2. The molecule has 1 aromatic carbocycles. The Morgan fingerprint density at radius 1 is 1.20 bits per heavy atom. The second-order valence-corrected chi connectivity index (χ2v) is 3.78. The molecule has 2 aromatic rings. The van der Waals surface area contributed by atoms with E-state index in [0.29, 0.717) is 0 Å². The zero-order chi connectivity index (χ0) is 10.8. The zero-order valence-electron chi connectivity index (χ0n) is 8.21. The van der Waals surface area contributed by atoms with Crippen molar-refractivity contribution in [3.63, 3.8) is 0 Å². The molecule has 0 aliphatic rings. The molecule has 0 saturated carbocycles. The molecule has 1 heterocycles. The highest BCUT2D eigenvalue weighted by atomic mass is 35.5. The van der Waals surface area contributed by atoms with Crippen LogP contribution in [0.25, 0.3) is 0 Å². The molecule has 15 heavy (non-hydrogen) atoms. The lowest BCUT2D eigenvalue weighted by Gasteiger charge is -2.08. The Bertz CT molecular complexity index is 447. The Labute approximate surface area is 92.5 Å². The molecule has 1 unspecified atom stereocenters. The monoisotopic (exact) mass is 224 g/mol. The first kappa shape index (κ1) is 10.2. The Morgan fingerprint density at radius 2 is 1.87 bits per heavy atom. The molecule has 0 N–H and O–H groups in total. The van der Waals surface area contributed by atoms with Crippen LogP contribution in [-0.2, 0) is 0 Å². The van der Waals surface area contributed by atoms with Crippen LogP contribution >= 0.6 is 11.6 Å². The van der Waals surface area contributed by atoms with Crippen LogP contribution in [-0.4, -0.2) is 0 Å². The van der Waals surface area contributed by atoms with Crippen LogP contribution in [0.4, 0.5) is 4.39 Å². The highest BCUT2D eigenvalue weighted by molar-refractivity contribution is 6.22. The normalized spacial score (nSPS) is 12.7. The Balaban J connectivity index is 2.32. The minimum Gasteiger partial charge on any atom is -0.469 e. The van der Waals surface area contributed by atoms with Crippen molar-refractivity contribution in [1.82, 2.24) is 0 Å². The fourth-order valence-corrected chi connectivity index (χ4v) is 1.84. The third-order valence-electron chi connectivity index (χ3n) is 2.33. The smallest absolute Gasteiger partial charge is 0.123 e. The number of furan rings is 1. The summed E-state index contributed by atoms with van der Waals surface area (Å²) in [7, 11) is 0. The maximum Gasteiger partial charge on any atom is 0.123 e. The molecule has 1 atom stereocenters. The highest BCUT2D eigenvalue weighted by Crippen LogP contribution is 2.31. The number of aryl methyl sites for hydroxylation is 1. The van der Waals surface area contributed by atoms with Gasteiger partial charge in [-0.05, 0) is 30.7 Å². The van der Waals surface area contributed by atoms with E-state index >= 15 is 0 Å². The molecule has 2 rings (SSSR count). The second-order valence-electron chi connectivity index (χ2n) is 3.35. The maximum absolute atomic E-state index is 12.7. The van der Waals surface area contributed by atoms with Crippen molar-refractivity contribution >= 4 is 11.6 Å². The highest BCUT2D eigenvalue weighted by Gasteiger charge is 2.14. The average Bonchev–Trinajstić information content (AvgIpc) is 2.65. The molecule has 0 fully saturated rings. The third kappa shape index (κ3) is 2.05. The third-order valence-corrected chi connectivity index (χ3v) is 2.82. The van der Waals surface area contributed by atoms with E-state index in [4.69, 9.17) is 16.0 Å². The first-order valence-corrected chi connectivity index (χ1v) is 5.05. The molecule has 1 aromatic heterocycles. The van der Waals surface area contributed by atoms with Gasteiger partial charge in [-0.25, -0.2) is 4.39 Å². The number of benzene rings is 1. The summed E-state index contributed by atoms with van der Waals surface area (Å²) in [6.07, 6.45) is 1.60. The summed E-state index contributed by atoms with van der Waals surface area (Å²) in [5.41, 5.74) is 1.78. The molecule has 0 amide bonds. The summed E-state index contributed by atoms with van der Waals surface area (Å²) in [4.78, 5) is 0.